The van der Waals surface area contributed by atoms with Gasteiger partial charge in [0.15, 0.2) is 0 Å². The third-order valence-electron chi connectivity index (χ3n) is 4.35. The summed E-state index contributed by atoms with van der Waals surface area (Å²) in [5.41, 5.74) is -0.430. The third kappa shape index (κ3) is 4.62. The summed E-state index contributed by atoms with van der Waals surface area (Å²) in [6.45, 7) is 18.8. The molecule has 3 heteroatoms. The number of carbonyl (C=O) groups excluding carboxylic acids is 1. The fraction of sp³-hybridized carbons (Fsp3) is 0.750. The van der Waals surface area contributed by atoms with Crippen LogP contribution in [0.15, 0.2) is 24.8 Å². The summed E-state index contributed by atoms with van der Waals surface area (Å²) >= 11 is 0. The number of amides is 2. The van der Waals surface area contributed by atoms with E-state index in [2.05, 4.69) is 67.2 Å². The van der Waals surface area contributed by atoms with E-state index >= 15 is 0 Å². The van der Waals surface area contributed by atoms with E-state index < -0.39 is 0 Å². The van der Waals surface area contributed by atoms with Gasteiger partial charge in [-0.15, -0.1) is 6.58 Å². The molecule has 0 aromatic heterocycles. The highest BCUT2D eigenvalue weighted by Crippen LogP contribution is 2.36. The van der Waals surface area contributed by atoms with Gasteiger partial charge in [-0.25, -0.2) is 4.79 Å². The summed E-state index contributed by atoms with van der Waals surface area (Å²) in [7, 11) is 0. The van der Waals surface area contributed by atoms with Crippen LogP contribution in [0, 0.1) is 0 Å². The molecule has 0 saturated carbocycles. The predicted molar refractivity (Wildman–Crippen MR) is 99.6 cm³/mol. The number of hydrogen-bond acceptors (Lipinski definition) is 1. The van der Waals surface area contributed by atoms with Crippen molar-refractivity contribution in [2.24, 2.45) is 0 Å². The van der Waals surface area contributed by atoms with Crippen LogP contribution in [0.4, 0.5) is 4.79 Å². The lowest BCUT2D eigenvalue weighted by Crippen LogP contribution is -2.50. The molecular formula is C20H36N2O. The first-order valence-corrected chi connectivity index (χ1v) is 8.97. The molecule has 3 nitrogen and oxygen atoms in total. The Morgan fingerprint density at radius 2 is 1.52 bits per heavy atom. The second-order valence-corrected chi connectivity index (χ2v) is 8.51. The van der Waals surface area contributed by atoms with Gasteiger partial charge in [0.05, 0.1) is 12.1 Å². The third-order valence-corrected chi connectivity index (χ3v) is 4.35. The molecular weight excluding hydrogens is 284 g/mol. The fourth-order valence-corrected chi connectivity index (χ4v) is 3.34. The SMILES string of the molecule is C=C[C@H]1[C@H](/C=C\CCCCC)N(C(C)(C)C)C(=O)N1C(C)(C)C. The summed E-state index contributed by atoms with van der Waals surface area (Å²) in [6, 6.07) is 0.183. The van der Waals surface area contributed by atoms with E-state index in [1.165, 1.54) is 19.3 Å². The molecule has 0 N–H and O–H groups in total. The zero-order valence-corrected chi connectivity index (χ0v) is 16.2. The Hall–Kier alpha value is -1.25. The van der Waals surface area contributed by atoms with Crippen molar-refractivity contribution in [3.8, 4) is 0 Å². The van der Waals surface area contributed by atoms with Crippen LogP contribution in [-0.4, -0.2) is 39.0 Å². The quantitative estimate of drug-likeness (QED) is 0.476. The van der Waals surface area contributed by atoms with Crippen LogP contribution in [-0.2, 0) is 0 Å². The number of hydrogen-bond donors (Lipinski definition) is 0. The van der Waals surface area contributed by atoms with Crippen LogP contribution in [0.1, 0.15) is 74.1 Å². The van der Waals surface area contributed by atoms with Crippen molar-refractivity contribution >= 4 is 6.03 Å². The fourth-order valence-electron chi connectivity index (χ4n) is 3.34. The highest BCUT2D eigenvalue weighted by molar-refractivity contribution is 5.80. The molecule has 1 rings (SSSR count). The number of nitrogens with zero attached hydrogens (tertiary/aromatic N) is 2. The zero-order valence-electron chi connectivity index (χ0n) is 16.2. The minimum absolute atomic E-state index is 0.0177. The van der Waals surface area contributed by atoms with E-state index in [4.69, 9.17) is 0 Å². The first-order chi connectivity index (χ1) is 10.6. The molecule has 2 amide bonds. The van der Waals surface area contributed by atoms with Crippen LogP contribution < -0.4 is 0 Å². The average molecular weight is 321 g/mol. The van der Waals surface area contributed by atoms with Gasteiger partial charge in [0.2, 0.25) is 0 Å². The Labute approximate surface area is 143 Å². The first kappa shape index (κ1) is 19.8. The molecule has 1 aliphatic heterocycles. The van der Waals surface area contributed by atoms with Crippen LogP contribution in [0.3, 0.4) is 0 Å². The van der Waals surface area contributed by atoms with E-state index in [0.717, 1.165) is 6.42 Å². The molecule has 132 valence electrons. The first-order valence-electron chi connectivity index (χ1n) is 8.97. The van der Waals surface area contributed by atoms with Gasteiger partial charge < -0.3 is 9.80 Å². The molecule has 0 aromatic rings. The van der Waals surface area contributed by atoms with Gasteiger partial charge in [-0.2, -0.15) is 0 Å². The highest BCUT2D eigenvalue weighted by Gasteiger charge is 2.50. The summed E-state index contributed by atoms with van der Waals surface area (Å²) in [6.07, 6.45) is 11.2. The Bertz CT molecular complexity index is 440. The Balaban J connectivity index is 3.10. The minimum atomic E-state index is -0.218. The Kier molecular flexibility index (Phi) is 6.49. The summed E-state index contributed by atoms with van der Waals surface area (Å²) in [4.78, 5) is 17.1. The number of urea groups is 1. The van der Waals surface area contributed by atoms with E-state index in [0.29, 0.717) is 0 Å². The van der Waals surface area contributed by atoms with Crippen LogP contribution in [0.2, 0.25) is 0 Å². The lowest BCUT2D eigenvalue weighted by atomic mass is 9.98. The predicted octanol–water partition coefficient (Wildman–Crippen LogP) is 5.38. The van der Waals surface area contributed by atoms with Crippen LogP contribution in [0.25, 0.3) is 0 Å². The zero-order chi connectivity index (χ0) is 17.8. The van der Waals surface area contributed by atoms with Gasteiger partial charge in [0, 0.05) is 11.1 Å². The maximum atomic E-state index is 13.1. The van der Waals surface area contributed by atoms with Gasteiger partial charge in [-0.3, -0.25) is 0 Å². The molecule has 0 spiro atoms. The number of unbranched alkanes of at least 4 members (excludes halogenated alkanes) is 3. The van der Waals surface area contributed by atoms with Crippen LogP contribution >= 0.6 is 0 Å². The second-order valence-electron chi connectivity index (χ2n) is 8.51. The Morgan fingerprint density at radius 1 is 1.00 bits per heavy atom. The molecule has 0 aromatic carbocycles. The van der Waals surface area contributed by atoms with E-state index in [-0.39, 0.29) is 29.2 Å². The second kappa shape index (κ2) is 7.55. The monoisotopic (exact) mass is 320 g/mol. The standard InChI is InChI=1S/C20H36N2O/c1-9-11-12-13-14-15-17-16(10-2)21(19(3,4)5)18(23)22(17)20(6,7)8/h10,14-17H,2,9,11-13H2,1,3-8H3/b15-14-/t16-,17-/m0/s1. The smallest absolute Gasteiger partial charge is 0.311 e. The number of allylic oxidation sites excluding steroid dienone is 1. The molecule has 23 heavy (non-hydrogen) atoms. The van der Waals surface area contributed by atoms with E-state index in [1.54, 1.807) is 0 Å². The van der Waals surface area contributed by atoms with Gasteiger partial charge in [-0.1, -0.05) is 38.0 Å². The van der Waals surface area contributed by atoms with Crippen molar-refractivity contribution in [3.63, 3.8) is 0 Å². The lowest BCUT2D eigenvalue weighted by molar-refractivity contribution is 0.126. The molecule has 1 heterocycles. The van der Waals surface area contributed by atoms with Crippen molar-refractivity contribution in [1.82, 2.24) is 9.80 Å². The van der Waals surface area contributed by atoms with Crippen molar-refractivity contribution in [3.05, 3.63) is 24.8 Å². The van der Waals surface area contributed by atoms with E-state index in [1.807, 2.05) is 15.9 Å². The molecule has 0 unspecified atom stereocenters. The van der Waals surface area contributed by atoms with Crippen molar-refractivity contribution in [2.45, 2.75) is 97.3 Å². The number of rotatable bonds is 6. The molecule has 0 aliphatic carbocycles. The maximum absolute atomic E-state index is 13.1. The van der Waals surface area contributed by atoms with Gasteiger partial charge in [0.25, 0.3) is 0 Å². The normalized spacial score (nSPS) is 23.2. The van der Waals surface area contributed by atoms with Gasteiger partial charge >= 0.3 is 6.03 Å². The molecule has 2 atom stereocenters. The molecule has 1 saturated heterocycles. The van der Waals surface area contributed by atoms with Gasteiger partial charge in [-0.05, 0) is 54.4 Å². The van der Waals surface area contributed by atoms with E-state index in [9.17, 15) is 4.79 Å². The van der Waals surface area contributed by atoms with Crippen LogP contribution in [0.5, 0.6) is 0 Å². The van der Waals surface area contributed by atoms with Crippen molar-refractivity contribution in [2.75, 3.05) is 0 Å². The van der Waals surface area contributed by atoms with Crippen molar-refractivity contribution < 1.29 is 4.79 Å². The Morgan fingerprint density at radius 3 is 1.96 bits per heavy atom. The molecule has 1 aliphatic rings. The largest absolute Gasteiger partial charge is 0.322 e. The minimum Gasteiger partial charge on any atom is -0.311 e. The summed E-state index contributed by atoms with van der Waals surface area (Å²) in [5, 5.41) is 0. The molecule has 1 fully saturated rings. The molecule has 0 radical (unpaired) electrons. The topological polar surface area (TPSA) is 23.6 Å². The number of carbonyl (C=O) groups is 1. The lowest BCUT2D eigenvalue weighted by Gasteiger charge is -2.36. The van der Waals surface area contributed by atoms with Crippen molar-refractivity contribution in [1.29, 1.82) is 0 Å². The summed E-state index contributed by atoms with van der Waals surface area (Å²) < 4.78 is 0. The highest BCUT2D eigenvalue weighted by atomic mass is 16.2. The average Bonchev–Trinajstić information content (AvgIpc) is 2.70. The van der Waals surface area contributed by atoms with Gasteiger partial charge in [0.1, 0.15) is 0 Å². The maximum Gasteiger partial charge on any atom is 0.322 e. The summed E-state index contributed by atoms with van der Waals surface area (Å²) in [5.74, 6) is 0. The molecule has 0 bridgehead atoms.